The van der Waals surface area contributed by atoms with E-state index in [1.54, 1.807) is 0 Å². The molecular weight excluding hydrogens is 264 g/mol. The van der Waals surface area contributed by atoms with E-state index in [2.05, 4.69) is 11.4 Å². The molecule has 0 heterocycles. The average Bonchev–Trinajstić information content (AvgIpc) is 3.03. The van der Waals surface area contributed by atoms with Crippen molar-refractivity contribution in [2.45, 2.75) is 44.7 Å². The van der Waals surface area contributed by atoms with Gasteiger partial charge in [-0.1, -0.05) is 43.2 Å². The Morgan fingerprint density at radius 2 is 1.95 bits per heavy atom. The highest BCUT2D eigenvalue weighted by atomic mass is 16.5. The maximum Gasteiger partial charge on any atom is 0.314 e. The molecule has 0 spiro atoms. The summed E-state index contributed by atoms with van der Waals surface area (Å²) in [5.74, 6) is -0.265. The van der Waals surface area contributed by atoms with Crippen LogP contribution in [0.3, 0.4) is 0 Å². The van der Waals surface area contributed by atoms with Gasteiger partial charge in [-0.25, -0.2) is 0 Å². The smallest absolute Gasteiger partial charge is 0.314 e. The van der Waals surface area contributed by atoms with Crippen LogP contribution in [0.1, 0.15) is 44.2 Å². The average molecular weight is 286 g/mol. The molecule has 1 aromatic carbocycles. The molecule has 0 saturated heterocycles. The predicted octanol–water partition coefficient (Wildman–Crippen LogP) is 2.96. The minimum Gasteiger partial charge on any atom is -0.469 e. The molecule has 1 N–H and O–H groups in total. The van der Waals surface area contributed by atoms with Crippen molar-refractivity contribution in [2.24, 2.45) is 5.41 Å². The lowest BCUT2D eigenvalue weighted by atomic mass is 9.78. The van der Waals surface area contributed by atoms with E-state index in [0.29, 0.717) is 12.8 Å². The van der Waals surface area contributed by atoms with Crippen LogP contribution in [0, 0.1) is 16.7 Å². The minimum absolute atomic E-state index is 0.0120. The summed E-state index contributed by atoms with van der Waals surface area (Å²) >= 11 is 0. The van der Waals surface area contributed by atoms with E-state index in [9.17, 15) is 10.1 Å². The monoisotopic (exact) mass is 286 g/mol. The second-order valence-corrected chi connectivity index (χ2v) is 5.72. The summed E-state index contributed by atoms with van der Waals surface area (Å²) in [7, 11) is 1.40. The molecule has 1 aromatic rings. The number of methoxy groups -OCH3 is 1. The maximum atomic E-state index is 12.2. The third-order valence-electron chi connectivity index (χ3n) is 4.49. The Morgan fingerprint density at radius 1 is 1.33 bits per heavy atom. The second kappa shape index (κ2) is 6.73. The summed E-state index contributed by atoms with van der Waals surface area (Å²) in [4.78, 5) is 12.2. The van der Waals surface area contributed by atoms with Crippen LogP contribution >= 0.6 is 0 Å². The van der Waals surface area contributed by atoms with Crippen LogP contribution in [-0.2, 0) is 9.53 Å². The molecular formula is C17H22N2O2. The topological polar surface area (TPSA) is 62.1 Å². The quantitative estimate of drug-likeness (QED) is 0.845. The Morgan fingerprint density at radius 3 is 2.48 bits per heavy atom. The van der Waals surface area contributed by atoms with Crippen molar-refractivity contribution in [3.63, 3.8) is 0 Å². The Kier molecular flexibility index (Phi) is 4.98. The van der Waals surface area contributed by atoms with Crippen LogP contribution in [-0.4, -0.2) is 19.1 Å². The summed E-state index contributed by atoms with van der Waals surface area (Å²) in [6, 6.07) is 11.7. The molecule has 0 unspecified atom stereocenters. The third kappa shape index (κ3) is 3.08. The summed E-state index contributed by atoms with van der Waals surface area (Å²) in [6.45, 7) is 2.01. The first-order valence-corrected chi connectivity index (χ1v) is 7.43. The predicted molar refractivity (Wildman–Crippen MR) is 80.3 cm³/mol. The largest absolute Gasteiger partial charge is 0.469 e. The van der Waals surface area contributed by atoms with E-state index in [1.807, 2.05) is 37.3 Å². The fourth-order valence-electron chi connectivity index (χ4n) is 3.23. The molecule has 0 bridgehead atoms. The number of ether oxygens (including phenoxy) is 1. The maximum absolute atomic E-state index is 12.2. The van der Waals surface area contributed by atoms with Crippen molar-refractivity contribution < 1.29 is 9.53 Å². The number of hydrogen-bond acceptors (Lipinski definition) is 4. The summed E-state index contributed by atoms with van der Waals surface area (Å²) < 4.78 is 4.98. The normalized spacial score (nSPS) is 19.5. The van der Waals surface area contributed by atoms with Crippen LogP contribution in [0.4, 0.5) is 0 Å². The molecule has 1 fully saturated rings. The van der Waals surface area contributed by atoms with Gasteiger partial charge < -0.3 is 4.74 Å². The van der Waals surface area contributed by atoms with Gasteiger partial charge in [0.2, 0.25) is 0 Å². The van der Waals surface area contributed by atoms with Crippen LogP contribution in [0.5, 0.6) is 0 Å². The molecule has 0 aromatic heterocycles. The minimum atomic E-state index is -0.702. The van der Waals surface area contributed by atoms with Crippen molar-refractivity contribution in [1.82, 2.24) is 5.32 Å². The lowest BCUT2D eigenvalue weighted by Gasteiger charge is -2.33. The van der Waals surface area contributed by atoms with E-state index >= 15 is 0 Å². The highest BCUT2D eigenvalue weighted by Gasteiger charge is 2.49. The van der Waals surface area contributed by atoms with Crippen LogP contribution < -0.4 is 5.32 Å². The number of nitrogens with zero attached hydrogens (tertiary/aromatic N) is 1. The van der Waals surface area contributed by atoms with Crippen molar-refractivity contribution >= 4 is 5.97 Å². The van der Waals surface area contributed by atoms with Crippen LogP contribution in [0.2, 0.25) is 0 Å². The van der Waals surface area contributed by atoms with Gasteiger partial charge in [-0.3, -0.25) is 10.1 Å². The van der Waals surface area contributed by atoms with Crippen molar-refractivity contribution in [2.75, 3.05) is 7.11 Å². The lowest BCUT2D eigenvalue weighted by Crippen LogP contribution is -2.49. The Balaban J connectivity index is 2.19. The zero-order valence-corrected chi connectivity index (χ0v) is 12.6. The number of nitriles is 1. The molecule has 1 aliphatic rings. The first kappa shape index (κ1) is 15.5. The van der Waals surface area contributed by atoms with Gasteiger partial charge in [0.05, 0.1) is 18.6 Å². The van der Waals surface area contributed by atoms with Crippen LogP contribution in [0.25, 0.3) is 0 Å². The first-order chi connectivity index (χ1) is 10.1. The Bertz CT molecular complexity index is 515. The molecule has 0 amide bonds. The standard InChI is InChI=1S/C17H22N2O2/c1-13(14-8-4-3-5-9-14)19-15(12-18)17(16(20)21-2)10-6-7-11-17/h3-5,8-9,13,15,19H,6-7,10-11H2,1-2H3/t13-,15+/m0/s1. The highest BCUT2D eigenvalue weighted by molar-refractivity contribution is 5.78. The third-order valence-corrected chi connectivity index (χ3v) is 4.49. The van der Waals surface area contributed by atoms with Crippen molar-refractivity contribution in [3.05, 3.63) is 35.9 Å². The number of carbonyl (C=O) groups excluding carboxylic acids is 1. The zero-order chi connectivity index (χ0) is 15.3. The molecule has 21 heavy (non-hydrogen) atoms. The zero-order valence-electron chi connectivity index (χ0n) is 12.6. The summed E-state index contributed by atoms with van der Waals surface area (Å²) in [5.41, 5.74) is 0.405. The van der Waals surface area contributed by atoms with Gasteiger partial charge in [0.15, 0.2) is 0 Å². The molecule has 0 aliphatic heterocycles. The Labute approximate surface area is 126 Å². The summed E-state index contributed by atoms with van der Waals surface area (Å²) in [5, 5.41) is 12.9. The molecule has 2 atom stereocenters. The van der Waals surface area contributed by atoms with E-state index in [0.717, 1.165) is 18.4 Å². The second-order valence-electron chi connectivity index (χ2n) is 5.72. The number of rotatable bonds is 5. The number of benzene rings is 1. The van der Waals surface area contributed by atoms with E-state index < -0.39 is 11.5 Å². The number of nitrogens with one attached hydrogen (secondary N) is 1. The molecule has 1 saturated carbocycles. The van der Waals surface area contributed by atoms with Gasteiger partial charge in [-0.2, -0.15) is 5.26 Å². The van der Waals surface area contributed by atoms with E-state index in [1.165, 1.54) is 7.11 Å². The van der Waals surface area contributed by atoms with Gasteiger partial charge in [0.1, 0.15) is 6.04 Å². The summed E-state index contributed by atoms with van der Waals surface area (Å²) in [6.07, 6.45) is 3.36. The van der Waals surface area contributed by atoms with Gasteiger partial charge in [0, 0.05) is 6.04 Å². The Hall–Kier alpha value is -1.86. The lowest BCUT2D eigenvalue weighted by molar-refractivity contribution is -0.153. The van der Waals surface area contributed by atoms with Gasteiger partial charge in [-0.15, -0.1) is 0 Å². The van der Waals surface area contributed by atoms with Crippen molar-refractivity contribution in [3.8, 4) is 6.07 Å². The first-order valence-electron chi connectivity index (χ1n) is 7.43. The molecule has 2 rings (SSSR count). The van der Waals surface area contributed by atoms with Gasteiger partial charge in [-0.05, 0) is 25.3 Å². The molecule has 0 radical (unpaired) electrons. The SMILES string of the molecule is COC(=O)C1([C@@H](C#N)N[C@@H](C)c2ccccc2)CCCC1. The fraction of sp³-hybridized carbons (Fsp3) is 0.529. The van der Waals surface area contributed by atoms with E-state index in [-0.39, 0.29) is 12.0 Å². The molecule has 4 heteroatoms. The number of hydrogen-bond donors (Lipinski definition) is 1. The fourth-order valence-corrected chi connectivity index (χ4v) is 3.23. The highest BCUT2D eigenvalue weighted by Crippen LogP contribution is 2.42. The van der Waals surface area contributed by atoms with Crippen LogP contribution in [0.15, 0.2) is 30.3 Å². The van der Waals surface area contributed by atoms with Crippen molar-refractivity contribution in [1.29, 1.82) is 5.26 Å². The molecule has 4 nitrogen and oxygen atoms in total. The molecule has 112 valence electrons. The molecule has 1 aliphatic carbocycles. The van der Waals surface area contributed by atoms with E-state index in [4.69, 9.17) is 4.74 Å². The van der Waals surface area contributed by atoms with Gasteiger partial charge >= 0.3 is 5.97 Å². The van der Waals surface area contributed by atoms with Gasteiger partial charge in [0.25, 0.3) is 0 Å². The number of carbonyl (C=O) groups is 1. The number of esters is 1.